The molecule has 1 atom stereocenters. The molecule has 1 saturated heterocycles. The SMILES string of the molecule is CC(C)CN1CCOCC(C)(O)C1. The number of hydrogen-bond acceptors (Lipinski definition) is 3. The van der Waals surface area contributed by atoms with Crippen molar-refractivity contribution in [3.05, 3.63) is 0 Å². The molecule has 0 saturated carbocycles. The molecule has 1 rings (SSSR count). The lowest BCUT2D eigenvalue weighted by Crippen LogP contribution is -2.42. The molecule has 0 aliphatic carbocycles. The van der Waals surface area contributed by atoms with Crippen molar-refractivity contribution in [3.63, 3.8) is 0 Å². The molecule has 3 nitrogen and oxygen atoms in total. The van der Waals surface area contributed by atoms with Gasteiger partial charge >= 0.3 is 0 Å². The van der Waals surface area contributed by atoms with E-state index in [1.165, 1.54) is 0 Å². The van der Waals surface area contributed by atoms with Crippen LogP contribution in [0.3, 0.4) is 0 Å². The molecule has 1 aliphatic heterocycles. The van der Waals surface area contributed by atoms with E-state index in [2.05, 4.69) is 18.7 Å². The van der Waals surface area contributed by atoms with Crippen molar-refractivity contribution >= 4 is 0 Å². The summed E-state index contributed by atoms with van der Waals surface area (Å²) in [5.41, 5.74) is -0.675. The van der Waals surface area contributed by atoms with E-state index in [1.807, 2.05) is 6.92 Å². The van der Waals surface area contributed by atoms with Gasteiger partial charge in [0, 0.05) is 19.6 Å². The molecule has 3 heteroatoms. The third kappa shape index (κ3) is 4.07. The van der Waals surface area contributed by atoms with E-state index < -0.39 is 5.60 Å². The maximum Gasteiger partial charge on any atom is 0.0978 e. The van der Waals surface area contributed by atoms with Crippen LogP contribution in [0, 0.1) is 5.92 Å². The van der Waals surface area contributed by atoms with Crippen LogP contribution in [-0.2, 0) is 4.74 Å². The van der Waals surface area contributed by atoms with E-state index >= 15 is 0 Å². The summed E-state index contributed by atoms with van der Waals surface area (Å²) in [6, 6.07) is 0. The summed E-state index contributed by atoms with van der Waals surface area (Å²) in [5.74, 6) is 0.647. The van der Waals surface area contributed by atoms with Gasteiger partial charge < -0.3 is 9.84 Å². The van der Waals surface area contributed by atoms with Crippen LogP contribution in [0.4, 0.5) is 0 Å². The summed E-state index contributed by atoms with van der Waals surface area (Å²) in [6.45, 7) is 10.1. The molecular weight excluding hydrogens is 166 g/mol. The van der Waals surface area contributed by atoms with Crippen molar-refractivity contribution in [2.24, 2.45) is 5.92 Å². The van der Waals surface area contributed by atoms with Gasteiger partial charge in [-0.1, -0.05) is 13.8 Å². The van der Waals surface area contributed by atoms with Gasteiger partial charge in [0.25, 0.3) is 0 Å². The van der Waals surface area contributed by atoms with Crippen molar-refractivity contribution in [2.45, 2.75) is 26.4 Å². The van der Waals surface area contributed by atoms with E-state index in [0.717, 1.165) is 26.2 Å². The Morgan fingerprint density at radius 3 is 2.85 bits per heavy atom. The number of nitrogens with zero attached hydrogens (tertiary/aromatic N) is 1. The molecule has 0 radical (unpaired) electrons. The highest BCUT2D eigenvalue weighted by atomic mass is 16.5. The third-order valence-electron chi connectivity index (χ3n) is 2.15. The van der Waals surface area contributed by atoms with Gasteiger partial charge in [-0.25, -0.2) is 0 Å². The Labute approximate surface area is 80.7 Å². The molecule has 0 aromatic heterocycles. The topological polar surface area (TPSA) is 32.7 Å². The number of hydrogen-bond donors (Lipinski definition) is 1. The minimum absolute atomic E-state index is 0.460. The maximum absolute atomic E-state index is 9.87. The summed E-state index contributed by atoms with van der Waals surface area (Å²) in [4.78, 5) is 2.28. The van der Waals surface area contributed by atoms with Crippen molar-refractivity contribution in [2.75, 3.05) is 32.8 Å². The average molecular weight is 187 g/mol. The zero-order valence-corrected chi connectivity index (χ0v) is 8.92. The molecular formula is C10H21NO2. The monoisotopic (exact) mass is 187 g/mol. The Hall–Kier alpha value is -0.120. The third-order valence-corrected chi connectivity index (χ3v) is 2.15. The standard InChI is InChI=1S/C10H21NO2/c1-9(2)6-11-4-5-13-8-10(3,12)7-11/h9,12H,4-8H2,1-3H3. The Balaban J connectivity index is 2.45. The molecule has 0 aromatic rings. The molecule has 1 heterocycles. The lowest BCUT2D eigenvalue weighted by Gasteiger charge is -2.28. The van der Waals surface area contributed by atoms with Crippen LogP contribution >= 0.6 is 0 Å². The molecule has 0 bridgehead atoms. The summed E-state index contributed by atoms with van der Waals surface area (Å²) in [6.07, 6.45) is 0. The second-order valence-electron chi connectivity index (χ2n) is 4.68. The van der Waals surface area contributed by atoms with Crippen LogP contribution in [0.5, 0.6) is 0 Å². The lowest BCUT2D eigenvalue weighted by atomic mass is 10.1. The molecule has 13 heavy (non-hydrogen) atoms. The summed E-state index contributed by atoms with van der Waals surface area (Å²) in [7, 11) is 0. The lowest BCUT2D eigenvalue weighted by molar-refractivity contribution is -0.0226. The first kappa shape index (κ1) is 11.0. The van der Waals surface area contributed by atoms with Crippen molar-refractivity contribution < 1.29 is 9.84 Å². The van der Waals surface area contributed by atoms with Crippen LogP contribution in [0.1, 0.15) is 20.8 Å². The molecule has 78 valence electrons. The van der Waals surface area contributed by atoms with Crippen molar-refractivity contribution in [1.82, 2.24) is 4.90 Å². The fraction of sp³-hybridized carbons (Fsp3) is 1.00. The molecule has 1 aliphatic rings. The quantitative estimate of drug-likeness (QED) is 0.691. The van der Waals surface area contributed by atoms with E-state index in [1.54, 1.807) is 0 Å². The minimum Gasteiger partial charge on any atom is -0.386 e. The molecule has 1 N–H and O–H groups in total. The summed E-state index contributed by atoms with van der Waals surface area (Å²) >= 11 is 0. The van der Waals surface area contributed by atoms with Gasteiger partial charge in [0.05, 0.1) is 18.8 Å². The van der Waals surface area contributed by atoms with Crippen LogP contribution < -0.4 is 0 Å². The smallest absolute Gasteiger partial charge is 0.0978 e. The van der Waals surface area contributed by atoms with Gasteiger partial charge in [0.15, 0.2) is 0 Å². The second kappa shape index (κ2) is 4.40. The first-order chi connectivity index (χ1) is 5.99. The van der Waals surface area contributed by atoms with Crippen LogP contribution in [0.15, 0.2) is 0 Å². The van der Waals surface area contributed by atoms with Crippen LogP contribution in [-0.4, -0.2) is 48.5 Å². The highest BCUT2D eigenvalue weighted by Gasteiger charge is 2.27. The molecule has 0 amide bonds. The zero-order valence-electron chi connectivity index (χ0n) is 8.92. The van der Waals surface area contributed by atoms with Gasteiger partial charge in [-0.2, -0.15) is 0 Å². The highest BCUT2D eigenvalue weighted by Crippen LogP contribution is 2.12. The number of rotatable bonds is 2. The predicted molar refractivity (Wildman–Crippen MR) is 52.7 cm³/mol. The van der Waals surface area contributed by atoms with Gasteiger partial charge in [-0.3, -0.25) is 4.90 Å². The van der Waals surface area contributed by atoms with Gasteiger partial charge in [-0.15, -0.1) is 0 Å². The molecule has 0 spiro atoms. The normalized spacial score (nSPS) is 32.1. The Kier molecular flexibility index (Phi) is 3.71. The van der Waals surface area contributed by atoms with E-state index in [4.69, 9.17) is 4.74 Å². The largest absolute Gasteiger partial charge is 0.386 e. The fourth-order valence-electron chi connectivity index (χ4n) is 1.76. The van der Waals surface area contributed by atoms with Gasteiger partial charge in [0.2, 0.25) is 0 Å². The highest BCUT2D eigenvalue weighted by molar-refractivity contribution is 4.80. The van der Waals surface area contributed by atoms with E-state index in [9.17, 15) is 5.11 Å². The summed E-state index contributed by atoms with van der Waals surface area (Å²) in [5, 5.41) is 9.87. The maximum atomic E-state index is 9.87. The van der Waals surface area contributed by atoms with Gasteiger partial charge in [0.1, 0.15) is 0 Å². The number of ether oxygens (including phenoxy) is 1. The van der Waals surface area contributed by atoms with E-state index in [-0.39, 0.29) is 0 Å². The number of aliphatic hydroxyl groups is 1. The Bertz CT molecular complexity index is 157. The predicted octanol–water partition coefficient (Wildman–Crippen LogP) is 0.726. The molecule has 1 unspecified atom stereocenters. The molecule has 1 fully saturated rings. The average Bonchev–Trinajstić information content (AvgIpc) is 2.09. The Morgan fingerprint density at radius 1 is 1.54 bits per heavy atom. The minimum atomic E-state index is -0.675. The summed E-state index contributed by atoms with van der Waals surface area (Å²) < 4.78 is 5.33. The van der Waals surface area contributed by atoms with Crippen molar-refractivity contribution in [1.29, 1.82) is 0 Å². The van der Waals surface area contributed by atoms with Crippen LogP contribution in [0.25, 0.3) is 0 Å². The first-order valence-electron chi connectivity index (χ1n) is 5.02. The zero-order chi connectivity index (χ0) is 9.90. The van der Waals surface area contributed by atoms with Crippen LogP contribution in [0.2, 0.25) is 0 Å². The molecule has 0 aromatic carbocycles. The van der Waals surface area contributed by atoms with E-state index in [0.29, 0.717) is 12.5 Å². The first-order valence-corrected chi connectivity index (χ1v) is 5.02. The van der Waals surface area contributed by atoms with Crippen molar-refractivity contribution in [3.8, 4) is 0 Å². The fourth-order valence-corrected chi connectivity index (χ4v) is 1.76. The second-order valence-corrected chi connectivity index (χ2v) is 4.68. The number of β-amino-alcohol motifs (C(OH)–C–C–N with tert-alkyl or cyclic N) is 1. The Morgan fingerprint density at radius 2 is 2.23 bits per heavy atom. The van der Waals surface area contributed by atoms with Gasteiger partial charge in [-0.05, 0) is 12.8 Å².